The number of ketones is 1. The van der Waals surface area contributed by atoms with Crippen LogP contribution < -0.4 is 10.5 Å². The van der Waals surface area contributed by atoms with Gasteiger partial charge in [-0.25, -0.2) is 14.4 Å². The lowest BCUT2D eigenvalue weighted by molar-refractivity contribution is -0.758. The summed E-state index contributed by atoms with van der Waals surface area (Å²) in [4.78, 5) is 54.1. The van der Waals surface area contributed by atoms with E-state index in [1.54, 1.807) is 24.3 Å². The molecule has 3 aromatic rings. The van der Waals surface area contributed by atoms with Crippen LogP contribution in [0, 0.1) is 0 Å². The lowest BCUT2D eigenvalue weighted by atomic mass is 10.0. The highest BCUT2D eigenvalue weighted by Crippen LogP contribution is 2.24. The van der Waals surface area contributed by atoms with Gasteiger partial charge in [0.1, 0.15) is 18.0 Å². The molecule has 2 aromatic carbocycles. The highest BCUT2D eigenvalue weighted by molar-refractivity contribution is 6.09. The van der Waals surface area contributed by atoms with Gasteiger partial charge in [-0.05, 0) is 42.5 Å². The molecule has 0 saturated heterocycles. The minimum absolute atomic E-state index is 0.0144. The molecule has 1 unspecified atom stereocenters. The number of imide groups is 1. The minimum atomic E-state index is -1.14. The van der Waals surface area contributed by atoms with E-state index in [2.05, 4.69) is 4.98 Å². The Bertz CT molecular complexity index is 1240. The van der Waals surface area contributed by atoms with E-state index < -0.39 is 28.2 Å². The number of urea groups is 1. The van der Waals surface area contributed by atoms with Crippen molar-refractivity contribution in [2.45, 2.75) is 6.54 Å². The molecule has 0 spiro atoms. The molecule has 0 saturated carbocycles. The van der Waals surface area contributed by atoms with Gasteiger partial charge in [-0.1, -0.05) is 18.2 Å². The monoisotopic (exact) mass is 448 g/mol. The summed E-state index contributed by atoms with van der Waals surface area (Å²) in [6.07, 6.45) is 1.48. The van der Waals surface area contributed by atoms with Crippen LogP contribution in [0.25, 0.3) is 0 Å². The summed E-state index contributed by atoms with van der Waals surface area (Å²) in [6, 6.07) is 14.1. The third-order valence-corrected chi connectivity index (χ3v) is 5.16. The van der Waals surface area contributed by atoms with E-state index in [0.29, 0.717) is 5.56 Å². The SMILES string of the molecule is COc1cc(C(=O)c2ccccn2)cc(C(=O)[N+](C)(Cc2cccc(C(=O)O)c2)C(N)=O)c1. The number of benzene rings is 2. The molecular weight excluding hydrogens is 426 g/mol. The first-order chi connectivity index (χ1) is 15.7. The third-order valence-electron chi connectivity index (χ3n) is 5.16. The second-order valence-corrected chi connectivity index (χ2v) is 7.49. The van der Waals surface area contributed by atoms with Gasteiger partial charge in [0.25, 0.3) is 0 Å². The van der Waals surface area contributed by atoms with Crippen LogP contribution in [-0.2, 0) is 6.54 Å². The Morgan fingerprint density at radius 2 is 1.70 bits per heavy atom. The van der Waals surface area contributed by atoms with Gasteiger partial charge in [-0.2, -0.15) is 4.48 Å². The standard InChI is InChI=1S/C24H21N3O6/c1-27(24(25)32,14-15-6-5-7-16(10-15)23(30)31)22(29)18-11-17(12-19(13-18)33-2)21(28)20-8-3-4-9-26-20/h3-13H,14H2,1-2H3,(H2-,25,30,31,32)/p+1. The maximum atomic E-state index is 13.5. The molecule has 0 aliphatic heterocycles. The number of nitrogens with zero attached hydrogens (tertiary/aromatic N) is 2. The molecule has 9 nitrogen and oxygen atoms in total. The van der Waals surface area contributed by atoms with Crippen molar-refractivity contribution < 1.29 is 33.5 Å². The Morgan fingerprint density at radius 3 is 2.30 bits per heavy atom. The molecule has 3 amide bonds. The molecule has 0 aliphatic carbocycles. The molecule has 0 fully saturated rings. The lowest BCUT2D eigenvalue weighted by Gasteiger charge is -2.27. The van der Waals surface area contributed by atoms with Crippen LogP contribution in [0.2, 0.25) is 0 Å². The second kappa shape index (κ2) is 9.41. The van der Waals surface area contributed by atoms with Crippen LogP contribution >= 0.6 is 0 Å². The van der Waals surface area contributed by atoms with Crippen LogP contribution in [0.1, 0.15) is 42.3 Å². The molecule has 0 bridgehead atoms. The van der Waals surface area contributed by atoms with E-state index in [0.717, 1.165) is 0 Å². The zero-order valence-corrected chi connectivity index (χ0v) is 18.0. The Labute approximate surface area is 189 Å². The van der Waals surface area contributed by atoms with Gasteiger partial charge in [0.05, 0.1) is 25.3 Å². The molecule has 1 aromatic heterocycles. The second-order valence-electron chi connectivity index (χ2n) is 7.49. The molecule has 1 heterocycles. The molecule has 3 rings (SSSR count). The quantitative estimate of drug-likeness (QED) is 0.419. The highest BCUT2D eigenvalue weighted by atomic mass is 16.5. The molecule has 3 N–H and O–H groups in total. The fourth-order valence-electron chi connectivity index (χ4n) is 3.32. The normalized spacial score (nSPS) is 12.4. The van der Waals surface area contributed by atoms with Crippen molar-refractivity contribution in [3.8, 4) is 5.75 Å². The van der Waals surface area contributed by atoms with E-state index in [1.807, 2.05) is 0 Å². The maximum absolute atomic E-state index is 13.5. The zero-order valence-electron chi connectivity index (χ0n) is 18.0. The number of carbonyl (C=O) groups is 4. The van der Waals surface area contributed by atoms with Gasteiger partial charge >= 0.3 is 17.9 Å². The number of nitrogens with two attached hydrogens (primary N) is 1. The number of methoxy groups -OCH3 is 1. The predicted molar refractivity (Wildman–Crippen MR) is 118 cm³/mol. The number of aromatic carboxylic acids is 1. The Morgan fingerprint density at radius 1 is 0.970 bits per heavy atom. The number of quaternary nitrogens is 1. The fraction of sp³-hybridized carbons (Fsp3) is 0.125. The van der Waals surface area contributed by atoms with Crippen LogP contribution in [0.15, 0.2) is 66.9 Å². The summed E-state index contributed by atoms with van der Waals surface area (Å²) in [5.74, 6) is -2.01. The average molecular weight is 448 g/mol. The fourth-order valence-corrected chi connectivity index (χ4v) is 3.32. The number of amides is 3. The molecular formula is C24H22N3O6+. The van der Waals surface area contributed by atoms with Crippen molar-refractivity contribution >= 4 is 23.7 Å². The molecule has 1 atom stereocenters. The topological polar surface area (TPSA) is 137 Å². The van der Waals surface area contributed by atoms with E-state index in [4.69, 9.17) is 10.5 Å². The van der Waals surface area contributed by atoms with Crippen molar-refractivity contribution in [3.05, 3.63) is 94.8 Å². The summed E-state index contributed by atoms with van der Waals surface area (Å²) in [6.45, 7) is -0.185. The van der Waals surface area contributed by atoms with Gasteiger partial charge in [-0.15, -0.1) is 0 Å². The number of carboxylic acid groups (broad SMARTS) is 1. The number of rotatable bonds is 7. The Kier molecular flexibility index (Phi) is 6.64. The number of pyridine rings is 1. The average Bonchev–Trinajstić information content (AvgIpc) is 2.83. The highest BCUT2D eigenvalue weighted by Gasteiger charge is 2.40. The van der Waals surface area contributed by atoms with Gasteiger partial charge < -0.3 is 15.6 Å². The Hall–Kier alpha value is -4.37. The predicted octanol–water partition coefficient (Wildman–Crippen LogP) is 2.89. The lowest BCUT2D eigenvalue weighted by Crippen LogP contribution is -2.56. The summed E-state index contributed by atoms with van der Waals surface area (Å²) < 4.78 is 4.37. The molecule has 33 heavy (non-hydrogen) atoms. The number of hydrogen-bond donors (Lipinski definition) is 2. The molecule has 0 radical (unpaired) electrons. The summed E-state index contributed by atoms with van der Waals surface area (Å²) >= 11 is 0. The zero-order chi connectivity index (χ0) is 24.2. The molecule has 9 heteroatoms. The summed E-state index contributed by atoms with van der Waals surface area (Å²) in [5, 5.41) is 9.22. The number of primary amides is 1. The minimum Gasteiger partial charge on any atom is -0.497 e. The van der Waals surface area contributed by atoms with Crippen LogP contribution in [0.3, 0.4) is 0 Å². The number of hydrogen-bond acceptors (Lipinski definition) is 6. The summed E-state index contributed by atoms with van der Waals surface area (Å²) in [5.41, 5.74) is 6.41. The van der Waals surface area contributed by atoms with Gasteiger partial charge in [0.2, 0.25) is 5.78 Å². The van der Waals surface area contributed by atoms with E-state index in [-0.39, 0.29) is 34.7 Å². The van der Waals surface area contributed by atoms with Crippen LogP contribution in [0.5, 0.6) is 5.75 Å². The van der Waals surface area contributed by atoms with Crippen molar-refractivity contribution in [3.63, 3.8) is 0 Å². The molecule has 168 valence electrons. The number of ether oxygens (including phenoxy) is 1. The van der Waals surface area contributed by atoms with Crippen molar-refractivity contribution in [1.82, 2.24) is 4.98 Å². The number of carbonyl (C=O) groups excluding carboxylic acids is 3. The number of aromatic nitrogens is 1. The van der Waals surface area contributed by atoms with Crippen molar-refractivity contribution in [1.29, 1.82) is 0 Å². The van der Waals surface area contributed by atoms with Crippen LogP contribution in [-0.4, -0.2) is 52.4 Å². The van der Waals surface area contributed by atoms with Crippen molar-refractivity contribution in [2.75, 3.05) is 14.2 Å². The Balaban J connectivity index is 2.03. The van der Waals surface area contributed by atoms with Crippen LogP contribution in [0.4, 0.5) is 4.79 Å². The van der Waals surface area contributed by atoms with Gasteiger partial charge in [0, 0.05) is 17.3 Å². The first-order valence-corrected chi connectivity index (χ1v) is 9.83. The van der Waals surface area contributed by atoms with E-state index in [1.165, 1.54) is 56.8 Å². The van der Waals surface area contributed by atoms with Gasteiger partial charge in [-0.3, -0.25) is 9.78 Å². The first kappa shape index (κ1) is 23.3. The van der Waals surface area contributed by atoms with Gasteiger partial charge in [0.15, 0.2) is 0 Å². The smallest absolute Gasteiger partial charge is 0.421 e. The summed E-state index contributed by atoms with van der Waals surface area (Å²) in [7, 11) is 2.72. The van der Waals surface area contributed by atoms with Crippen molar-refractivity contribution in [2.24, 2.45) is 5.73 Å². The first-order valence-electron chi connectivity index (χ1n) is 9.83. The third kappa shape index (κ3) is 4.94. The van der Waals surface area contributed by atoms with E-state index in [9.17, 15) is 24.3 Å². The maximum Gasteiger partial charge on any atom is 0.421 e. The largest absolute Gasteiger partial charge is 0.497 e. The molecule has 0 aliphatic rings. The number of carboxylic acids is 1. The van der Waals surface area contributed by atoms with E-state index >= 15 is 0 Å².